The molecule has 3 heterocycles. The van der Waals surface area contributed by atoms with Gasteiger partial charge in [-0.2, -0.15) is 0 Å². The molecule has 33 heavy (non-hydrogen) atoms. The van der Waals surface area contributed by atoms with Gasteiger partial charge >= 0.3 is 0 Å². The molecule has 0 aliphatic carbocycles. The van der Waals surface area contributed by atoms with Crippen LogP contribution in [0.3, 0.4) is 0 Å². The molecule has 1 aliphatic rings. The van der Waals surface area contributed by atoms with Crippen molar-refractivity contribution in [2.24, 2.45) is 0 Å². The van der Waals surface area contributed by atoms with Crippen LogP contribution in [0.25, 0.3) is 11.0 Å². The highest BCUT2D eigenvalue weighted by molar-refractivity contribution is 7.09. The van der Waals surface area contributed by atoms with E-state index in [1.54, 1.807) is 17.4 Å². The van der Waals surface area contributed by atoms with Gasteiger partial charge in [0.2, 0.25) is 5.91 Å². The Hall–Kier alpha value is -3.42. The lowest BCUT2D eigenvalue weighted by Crippen LogP contribution is -2.48. The second kappa shape index (κ2) is 9.60. The van der Waals surface area contributed by atoms with Gasteiger partial charge < -0.3 is 14.6 Å². The second-order valence-electron chi connectivity index (χ2n) is 8.21. The summed E-state index contributed by atoms with van der Waals surface area (Å²) in [6.45, 7) is 4.28. The number of amides is 2. The van der Waals surface area contributed by atoms with Gasteiger partial charge in [0.05, 0.1) is 6.42 Å². The lowest BCUT2D eigenvalue weighted by molar-refractivity contribution is -0.132. The van der Waals surface area contributed by atoms with E-state index in [1.165, 1.54) is 4.88 Å². The third kappa shape index (κ3) is 5.16. The molecule has 1 fully saturated rings. The standard InChI is InChI=1S/C26H25N3O3S/c30-25(29-13-11-28(12-14-29)18-22-5-3-15-33-22)16-19-7-9-21(10-8-19)27-26(31)24-17-20-4-1-2-6-23(20)32-24/h1-10,15,17H,11-14,16,18H2,(H,27,31). The number of thiophene rings is 1. The van der Waals surface area contributed by atoms with Crippen molar-refractivity contribution in [3.63, 3.8) is 0 Å². The number of hydrogen-bond acceptors (Lipinski definition) is 5. The number of nitrogens with zero attached hydrogens (tertiary/aromatic N) is 2. The number of para-hydroxylation sites is 1. The lowest BCUT2D eigenvalue weighted by Gasteiger charge is -2.34. The molecule has 1 aliphatic heterocycles. The molecule has 0 spiro atoms. The summed E-state index contributed by atoms with van der Waals surface area (Å²) >= 11 is 1.78. The summed E-state index contributed by atoms with van der Waals surface area (Å²) < 4.78 is 5.62. The van der Waals surface area contributed by atoms with Crippen LogP contribution in [0.5, 0.6) is 0 Å². The predicted molar refractivity (Wildman–Crippen MR) is 130 cm³/mol. The first kappa shape index (κ1) is 21.4. The molecule has 0 bridgehead atoms. The fourth-order valence-electron chi connectivity index (χ4n) is 4.06. The van der Waals surface area contributed by atoms with Crippen LogP contribution in [0, 0.1) is 0 Å². The highest BCUT2D eigenvalue weighted by Crippen LogP contribution is 2.20. The molecular weight excluding hydrogens is 434 g/mol. The molecule has 1 saturated heterocycles. The van der Waals surface area contributed by atoms with Crippen LogP contribution < -0.4 is 5.32 Å². The summed E-state index contributed by atoms with van der Waals surface area (Å²) in [4.78, 5) is 31.0. The zero-order valence-corrected chi connectivity index (χ0v) is 19.0. The van der Waals surface area contributed by atoms with Gasteiger partial charge in [0, 0.05) is 48.7 Å². The van der Waals surface area contributed by atoms with E-state index in [-0.39, 0.29) is 17.6 Å². The molecular formula is C26H25N3O3S. The van der Waals surface area contributed by atoms with Crippen molar-refractivity contribution in [1.29, 1.82) is 0 Å². The zero-order valence-electron chi connectivity index (χ0n) is 18.2. The van der Waals surface area contributed by atoms with Gasteiger partial charge in [0.1, 0.15) is 5.58 Å². The van der Waals surface area contributed by atoms with E-state index in [2.05, 4.69) is 27.7 Å². The number of fused-ring (bicyclic) bond motifs is 1. The average molecular weight is 460 g/mol. The summed E-state index contributed by atoms with van der Waals surface area (Å²) in [5.41, 5.74) is 2.28. The third-order valence-corrected chi connectivity index (χ3v) is 6.76. The molecule has 0 atom stereocenters. The first-order valence-electron chi connectivity index (χ1n) is 11.1. The van der Waals surface area contributed by atoms with Crippen molar-refractivity contribution in [2.45, 2.75) is 13.0 Å². The van der Waals surface area contributed by atoms with Crippen LogP contribution in [0.1, 0.15) is 21.0 Å². The number of carbonyl (C=O) groups excluding carboxylic acids is 2. The van der Waals surface area contributed by atoms with Crippen LogP contribution in [-0.4, -0.2) is 47.8 Å². The lowest BCUT2D eigenvalue weighted by atomic mass is 10.1. The smallest absolute Gasteiger partial charge is 0.291 e. The van der Waals surface area contributed by atoms with Crippen molar-refractivity contribution < 1.29 is 14.0 Å². The quantitative estimate of drug-likeness (QED) is 0.456. The maximum absolute atomic E-state index is 12.8. The number of benzene rings is 2. The van der Waals surface area contributed by atoms with Gasteiger partial charge in [-0.3, -0.25) is 14.5 Å². The van der Waals surface area contributed by atoms with Gasteiger partial charge in [0.25, 0.3) is 5.91 Å². The summed E-state index contributed by atoms with van der Waals surface area (Å²) in [5.74, 6) is 0.119. The minimum absolute atomic E-state index is 0.143. The molecule has 1 N–H and O–H groups in total. The van der Waals surface area contributed by atoms with E-state index in [1.807, 2.05) is 53.4 Å². The zero-order chi connectivity index (χ0) is 22.6. The number of carbonyl (C=O) groups is 2. The fourth-order valence-corrected chi connectivity index (χ4v) is 4.80. The molecule has 6 nitrogen and oxygen atoms in total. The Kier molecular flexibility index (Phi) is 6.24. The van der Waals surface area contributed by atoms with Gasteiger partial charge in [-0.05, 0) is 41.3 Å². The largest absolute Gasteiger partial charge is 0.451 e. The van der Waals surface area contributed by atoms with Gasteiger partial charge in [-0.1, -0.05) is 36.4 Å². The van der Waals surface area contributed by atoms with E-state index >= 15 is 0 Å². The molecule has 7 heteroatoms. The highest BCUT2D eigenvalue weighted by atomic mass is 32.1. The van der Waals surface area contributed by atoms with Crippen molar-refractivity contribution in [3.05, 3.63) is 88.3 Å². The predicted octanol–water partition coefficient (Wildman–Crippen LogP) is 4.63. The monoisotopic (exact) mass is 459 g/mol. The molecule has 4 aromatic rings. The molecule has 5 rings (SSSR count). The molecule has 0 saturated carbocycles. The maximum Gasteiger partial charge on any atom is 0.291 e. The Morgan fingerprint density at radius 3 is 2.45 bits per heavy atom. The Labute approximate surface area is 196 Å². The van der Waals surface area contributed by atoms with Crippen LogP contribution in [-0.2, 0) is 17.8 Å². The van der Waals surface area contributed by atoms with Crippen LogP contribution in [0.2, 0.25) is 0 Å². The van der Waals surface area contributed by atoms with Crippen LogP contribution in [0.15, 0.2) is 76.5 Å². The number of piperazine rings is 1. The van der Waals surface area contributed by atoms with Gasteiger partial charge in [-0.25, -0.2) is 0 Å². The molecule has 0 unspecified atom stereocenters. The first-order chi connectivity index (χ1) is 16.1. The Bertz CT molecular complexity index is 1210. The van der Waals surface area contributed by atoms with E-state index in [9.17, 15) is 9.59 Å². The minimum atomic E-state index is -0.296. The van der Waals surface area contributed by atoms with E-state index in [0.717, 1.165) is 43.7 Å². The van der Waals surface area contributed by atoms with E-state index in [0.29, 0.717) is 17.7 Å². The van der Waals surface area contributed by atoms with E-state index < -0.39 is 0 Å². The van der Waals surface area contributed by atoms with Crippen molar-refractivity contribution in [1.82, 2.24) is 9.80 Å². The maximum atomic E-state index is 12.8. The highest BCUT2D eigenvalue weighted by Gasteiger charge is 2.21. The fraction of sp³-hybridized carbons (Fsp3) is 0.231. The second-order valence-corrected chi connectivity index (χ2v) is 9.24. The number of nitrogens with one attached hydrogen (secondary N) is 1. The number of furan rings is 1. The molecule has 2 aromatic carbocycles. The van der Waals surface area contributed by atoms with Crippen molar-refractivity contribution in [3.8, 4) is 0 Å². The van der Waals surface area contributed by atoms with Crippen LogP contribution in [0.4, 0.5) is 5.69 Å². The SMILES string of the molecule is O=C(Nc1ccc(CC(=O)N2CCN(Cc3cccs3)CC2)cc1)c1cc2ccccc2o1. The first-order valence-corrected chi connectivity index (χ1v) is 11.9. The summed E-state index contributed by atoms with van der Waals surface area (Å²) in [5, 5.41) is 5.85. The molecule has 2 aromatic heterocycles. The Balaban J connectivity index is 1.12. The number of hydrogen-bond donors (Lipinski definition) is 1. The van der Waals surface area contributed by atoms with E-state index in [4.69, 9.17) is 4.42 Å². The van der Waals surface area contributed by atoms with Crippen molar-refractivity contribution in [2.75, 3.05) is 31.5 Å². The molecule has 2 amide bonds. The number of rotatable bonds is 6. The normalized spacial score (nSPS) is 14.5. The summed E-state index contributed by atoms with van der Waals surface area (Å²) in [7, 11) is 0. The van der Waals surface area contributed by atoms with Gasteiger partial charge in [-0.15, -0.1) is 11.3 Å². The van der Waals surface area contributed by atoms with Crippen LogP contribution >= 0.6 is 11.3 Å². The third-order valence-electron chi connectivity index (χ3n) is 5.90. The Morgan fingerprint density at radius 1 is 0.939 bits per heavy atom. The average Bonchev–Trinajstić information content (AvgIpc) is 3.50. The van der Waals surface area contributed by atoms with Crippen molar-refractivity contribution >= 4 is 39.8 Å². The van der Waals surface area contributed by atoms with Gasteiger partial charge in [0.15, 0.2) is 5.76 Å². The molecule has 168 valence electrons. The molecule has 0 radical (unpaired) electrons. The minimum Gasteiger partial charge on any atom is -0.451 e. The summed E-state index contributed by atoms with van der Waals surface area (Å²) in [6.07, 6.45) is 0.364. The summed E-state index contributed by atoms with van der Waals surface area (Å²) in [6, 6.07) is 20.9. The topological polar surface area (TPSA) is 65.8 Å². The number of anilines is 1. The Morgan fingerprint density at radius 2 is 1.73 bits per heavy atom.